The minimum absolute atomic E-state index is 0.00324. The summed E-state index contributed by atoms with van der Waals surface area (Å²) in [6.45, 7) is 2.53. The number of rotatable bonds is 7. The molecule has 2 aliphatic rings. The lowest BCUT2D eigenvalue weighted by Gasteiger charge is -2.20. The maximum absolute atomic E-state index is 12.7. The highest BCUT2D eigenvalue weighted by molar-refractivity contribution is 5.95. The van der Waals surface area contributed by atoms with Gasteiger partial charge in [0.15, 0.2) is 0 Å². The summed E-state index contributed by atoms with van der Waals surface area (Å²) in [6, 6.07) is 5.94. The molecule has 1 aromatic heterocycles. The van der Waals surface area contributed by atoms with Crippen molar-refractivity contribution in [3.05, 3.63) is 35.7 Å². The zero-order chi connectivity index (χ0) is 19.7. The Kier molecular flexibility index (Phi) is 5.15. The Hall–Kier alpha value is -2.70. The molecule has 0 radical (unpaired) electrons. The summed E-state index contributed by atoms with van der Waals surface area (Å²) >= 11 is 0. The zero-order valence-electron chi connectivity index (χ0n) is 16.8. The van der Waals surface area contributed by atoms with Crippen LogP contribution in [0.25, 0.3) is 0 Å². The summed E-state index contributed by atoms with van der Waals surface area (Å²) in [6.07, 6.45) is 5.16. The number of anilines is 1. The average molecular weight is 384 g/mol. The number of aromatic nitrogens is 2. The van der Waals surface area contributed by atoms with Gasteiger partial charge in [0.05, 0.1) is 25.5 Å². The second kappa shape index (κ2) is 7.73. The Balaban J connectivity index is 1.36. The summed E-state index contributed by atoms with van der Waals surface area (Å²) in [5, 5.41) is 7.61. The third-order valence-corrected chi connectivity index (χ3v) is 5.60. The first kappa shape index (κ1) is 18.7. The molecule has 4 rings (SSSR count). The predicted octanol–water partition coefficient (Wildman–Crippen LogP) is 2.57. The van der Waals surface area contributed by atoms with Gasteiger partial charge in [0.25, 0.3) is 5.91 Å². The molecule has 28 heavy (non-hydrogen) atoms. The van der Waals surface area contributed by atoms with E-state index < -0.39 is 0 Å². The number of methoxy groups -OCH3 is 2. The maximum Gasteiger partial charge on any atom is 0.254 e. The molecular weight excluding hydrogens is 356 g/mol. The van der Waals surface area contributed by atoms with Gasteiger partial charge in [0, 0.05) is 62.7 Å². The van der Waals surface area contributed by atoms with E-state index in [1.165, 1.54) is 0 Å². The van der Waals surface area contributed by atoms with Crippen LogP contribution in [-0.2, 0) is 7.05 Å². The van der Waals surface area contributed by atoms with Gasteiger partial charge >= 0.3 is 0 Å². The predicted molar refractivity (Wildman–Crippen MR) is 107 cm³/mol. The second-order valence-corrected chi connectivity index (χ2v) is 7.76. The van der Waals surface area contributed by atoms with Gasteiger partial charge < -0.3 is 19.7 Å². The quantitative estimate of drug-likeness (QED) is 0.795. The highest BCUT2D eigenvalue weighted by Crippen LogP contribution is 2.40. The number of hydrogen-bond donors (Lipinski definition) is 1. The molecule has 2 heterocycles. The number of carbonyl (C=O) groups excluding carboxylic acids is 1. The molecule has 1 atom stereocenters. The van der Waals surface area contributed by atoms with Gasteiger partial charge in [-0.25, -0.2) is 0 Å². The second-order valence-electron chi connectivity index (χ2n) is 7.76. The fourth-order valence-corrected chi connectivity index (χ4v) is 3.88. The minimum atomic E-state index is -0.00324. The topological polar surface area (TPSA) is 68.6 Å². The minimum Gasteiger partial charge on any atom is -0.497 e. The lowest BCUT2D eigenvalue weighted by Crippen LogP contribution is -2.31. The molecule has 1 aliphatic heterocycles. The number of hydrogen-bond acceptors (Lipinski definition) is 5. The van der Waals surface area contributed by atoms with E-state index in [0.717, 1.165) is 60.8 Å². The fraction of sp³-hybridized carbons (Fsp3) is 0.524. The highest BCUT2D eigenvalue weighted by atomic mass is 16.5. The highest BCUT2D eigenvalue weighted by Gasteiger charge is 2.31. The van der Waals surface area contributed by atoms with Crippen molar-refractivity contribution in [1.82, 2.24) is 15.1 Å². The molecule has 150 valence electrons. The molecule has 2 aromatic rings. The Morgan fingerprint density at radius 1 is 1.18 bits per heavy atom. The number of nitrogens with zero attached hydrogens (tertiary/aromatic N) is 3. The lowest BCUT2D eigenvalue weighted by atomic mass is 10.1. The molecule has 1 amide bonds. The van der Waals surface area contributed by atoms with Gasteiger partial charge in [-0.2, -0.15) is 5.10 Å². The van der Waals surface area contributed by atoms with E-state index in [0.29, 0.717) is 18.4 Å². The number of benzene rings is 1. The van der Waals surface area contributed by atoms with Crippen molar-refractivity contribution in [3.63, 3.8) is 0 Å². The summed E-state index contributed by atoms with van der Waals surface area (Å²) in [4.78, 5) is 15.0. The Bertz CT molecular complexity index is 837. The van der Waals surface area contributed by atoms with Crippen molar-refractivity contribution in [2.24, 2.45) is 13.0 Å². The van der Waals surface area contributed by atoms with Crippen molar-refractivity contribution >= 4 is 11.6 Å². The van der Waals surface area contributed by atoms with Crippen LogP contribution < -0.4 is 19.7 Å². The van der Waals surface area contributed by atoms with Crippen LogP contribution in [0.1, 0.15) is 41.2 Å². The standard InChI is InChI=1S/C21H28N4O3/c1-24-13-19(20(23-24)15-4-5-15)21(26)22-11-14-6-7-25(12-14)16-8-17(27-2)10-18(9-16)28-3/h8-10,13-15H,4-7,11-12H2,1-3H3,(H,22,26). The van der Waals surface area contributed by atoms with E-state index in [1.54, 1.807) is 18.9 Å². The Morgan fingerprint density at radius 2 is 1.89 bits per heavy atom. The van der Waals surface area contributed by atoms with Crippen LogP contribution in [0.3, 0.4) is 0 Å². The van der Waals surface area contributed by atoms with E-state index in [4.69, 9.17) is 9.47 Å². The normalized spacial score (nSPS) is 19.0. The van der Waals surface area contributed by atoms with Crippen molar-refractivity contribution in [3.8, 4) is 11.5 Å². The molecule has 1 saturated heterocycles. The Labute approximate surface area is 165 Å². The van der Waals surface area contributed by atoms with Gasteiger partial charge in [-0.1, -0.05) is 0 Å². The lowest BCUT2D eigenvalue weighted by molar-refractivity contribution is 0.0947. The van der Waals surface area contributed by atoms with Crippen molar-refractivity contribution < 1.29 is 14.3 Å². The van der Waals surface area contributed by atoms with E-state index in [-0.39, 0.29) is 5.91 Å². The largest absolute Gasteiger partial charge is 0.497 e. The van der Waals surface area contributed by atoms with Crippen molar-refractivity contribution in [2.75, 3.05) is 38.8 Å². The van der Waals surface area contributed by atoms with Gasteiger partial charge in [0.2, 0.25) is 0 Å². The van der Waals surface area contributed by atoms with Crippen LogP contribution >= 0.6 is 0 Å². The number of nitrogens with one attached hydrogen (secondary N) is 1. The number of carbonyl (C=O) groups is 1. The molecule has 1 N–H and O–H groups in total. The Morgan fingerprint density at radius 3 is 2.54 bits per heavy atom. The third-order valence-electron chi connectivity index (χ3n) is 5.60. The van der Waals surface area contributed by atoms with Crippen LogP contribution in [0.5, 0.6) is 11.5 Å². The summed E-state index contributed by atoms with van der Waals surface area (Å²) in [5.74, 6) is 2.45. The van der Waals surface area contributed by atoms with Crippen LogP contribution in [0.4, 0.5) is 5.69 Å². The molecule has 7 heteroatoms. The van der Waals surface area contributed by atoms with E-state index >= 15 is 0 Å². The number of aryl methyl sites for hydroxylation is 1. The van der Waals surface area contributed by atoms with Crippen LogP contribution in [0.15, 0.2) is 24.4 Å². The molecular formula is C21H28N4O3. The smallest absolute Gasteiger partial charge is 0.254 e. The first-order valence-corrected chi connectivity index (χ1v) is 9.87. The molecule has 7 nitrogen and oxygen atoms in total. The molecule has 1 unspecified atom stereocenters. The summed E-state index contributed by atoms with van der Waals surface area (Å²) < 4.78 is 12.5. The number of amides is 1. The zero-order valence-corrected chi connectivity index (χ0v) is 16.8. The first-order chi connectivity index (χ1) is 13.6. The molecule has 0 bridgehead atoms. The van der Waals surface area contributed by atoms with Crippen LogP contribution in [0, 0.1) is 5.92 Å². The monoisotopic (exact) mass is 384 g/mol. The van der Waals surface area contributed by atoms with Crippen LogP contribution in [-0.4, -0.2) is 49.5 Å². The first-order valence-electron chi connectivity index (χ1n) is 9.87. The summed E-state index contributed by atoms with van der Waals surface area (Å²) in [7, 11) is 5.20. The molecule has 0 spiro atoms. The third kappa shape index (κ3) is 3.93. The molecule has 1 aliphatic carbocycles. The van der Waals surface area contributed by atoms with Crippen molar-refractivity contribution in [2.45, 2.75) is 25.2 Å². The SMILES string of the molecule is COc1cc(OC)cc(N2CCC(CNC(=O)c3cn(C)nc3C3CC3)C2)c1. The molecule has 1 aromatic carbocycles. The van der Waals surface area contributed by atoms with Gasteiger partial charge in [-0.05, 0) is 25.2 Å². The molecule has 1 saturated carbocycles. The van der Waals surface area contributed by atoms with Gasteiger partial charge in [-0.15, -0.1) is 0 Å². The van der Waals surface area contributed by atoms with Crippen LogP contribution in [0.2, 0.25) is 0 Å². The average Bonchev–Trinajstić information content (AvgIpc) is 3.31. The van der Waals surface area contributed by atoms with Crippen molar-refractivity contribution in [1.29, 1.82) is 0 Å². The maximum atomic E-state index is 12.7. The number of ether oxygens (including phenoxy) is 2. The van der Waals surface area contributed by atoms with Gasteiger partial charge in [0.1, 0.15) is 11.5 Å². The van der Waals surface area contributed by atoms with E-state index in [2.05, 4.69) is 15.3 Å². The van der Waals surface area contributed by atoms with Gasteiger partial charge in [-0.3, -0.25) is 9.48 Å². The fourth-order valence-electron chi connectivity index (χ4n) is 3.88. The summed E-state index contributed by atoms with van der Waals surface area (Å²) in [5.41, 5.74) is 2.78. The van der Waals surface area contributed by atoms with E-state index in [9.17, 15) is 4.79 Å². The van der Waals surface area contributed by atoms with E-state index in [1.807, 2.05) is 31.4 Å². The molecule has 2 fully saturated rings.